The molecular weight excluding hydrogens is 288 g/mol. The number of carbonyl (C=O) groups is 1. The lowest BCUT2D eigenvalue weighted by Crippen LogP contribution is -2.42. The third kappa shape index (κ3) is 6.48. The van der Waals surface area contributed by atoms with Crippen molar-refractivity contribution in [2.75, 3.05) is 12.3 Å². The molecule has 1 rings (SSSR count). The van der Waals surface area contributed by atoms with Crippen molar-refractivity contribution in [1.29, 1.82) is 0 Å². The lowest BCUT2D eigenvalue weighted by Gasteiger charge is -2.25. The predicted octanol–water partition coefficient (Wildman–Crippen LogP) is 1.86. The molecule has 7 heteroatoms. The molecule has 0 saturated carbocycles. The van der Waals surface area contributed by atoms with Crippen LogP contribution in [0.2, 0.25) is 0 Å². The number of carbonyl (C=O) groups excluding carboxylic acids is 1. The molecule has 1 aromatic rings. The van der Waals surface area contributed by atoms with Crippen LogP contribution in [-0.2, 0) is 4.79 Å². The van der Waals surface area contributed by atoms with Gasteiger partial charge < -0.3 is 15.0 Å². The zero-order valence-corrected chi connectivity index (χ0v) is 14.3. The molecule has 1 atom stereocenters. The predicted molar refractivity (Wildman–Crippen MR) is 84.2 cm³/mol. The van der Waals surface area contributed by atoms with Gasteiger partial charge in [-0.15, -0.1) is 10.2 Å². The average Bonchev–Trinajstić information content (AvgIpc) is 2.80. The number of aliphatic hydroxyl groups is 1. The summed E-state index contributed by atoms with van der Waals surface area (Å²) < 4.78 is 1.92. The molecule has 0 aliphatic rings. The maximum absolute atomic E-state index is 11.9. The first-order chi connectivity index (χ1) is 9.71. The van der Waals surface area contributed by atoms with Crippen molar-refractivity contribution < 1.29 is 9.90 Å². The highest BCUT2D eigenvalue weighted by molar-refractivity contribution is 7.99. The van der Waals surface area contributed by atoms with Crippen molar-refractivity contribution in [2.24, 2.45) is 5.92 Å². The van der Waals surface area contributed by atoms with Gasteiger partial charge in [0.15, 0.2) is 5.16 Å². The van der Waals surface area contributed by atoms with Gasteiger partial charge in [0, 0.05) is 12.6 Å². The van der Waals surface area contributed by atoms with Crippen molar-refractivity contribution in [3.63, 3.8) is 0 Å². The monoisotopic (exact) mass is 314 g/mol. The van der Waals surface area contributed by atoms with Gasteiger partial charge in [0.25, 0.3) is 0 Å². The van der Waals surface area contributed by atoms with Crippen LogP contribution in [0, 0.1) is 5.92 Å². The summed E-state index contributed by atoms with van der Waals surface area (Å²) in [5.41, 5.74) is -0.869. The second kappa shape index (κ2) is 7.79. The highest BCUT2D eigenvalue weighted by Gasteiger charge is 2.22. The molecule has 0 aromatic carbocycles. The molecule has 0 saturated heterocycles. The number of rotatable bonds is 8. The van der Waals surface area contributed by atoms with E-state index < -0.39 is 5.60 Å². The van der Waals surface area contributed by atoms with Crippen LogP contribution in [0.5, 0.6) is 0 Å². The summed E-state index contributed by atoms with van der Waals surface area (Å²) in [6.45, 7) is 10.2. The van der Waals surface area contributed by atoms with E-state index in [2.05, 4.69) is 15.5 Å². The summed E-state index contributed by atoms with van der Waals surface area (Å²) in [5.74, 6) is 0.543. The highest BCUT2D eigenvalue weighted by atomic mass is 32.2. The fraction of sp³-hybridized carbons (Fsp3) is 0.786. The minimum atomic E-state index is -0.869. The number of aromatic nitrogens is 3. The summed E-state index contributed by atoms with van der Waals surface area (Å²) in [5, 5.41) is 21.5. The molecule has 1 amide bonds. The molecule has 1 aromatic heterocycles. The average molecular weight is 314 g/mol. The number of amides is 1. The molecule has 120 valence electrons. The van der Waals surface area contributed by atoms with Gasteiger partial charge in [0.2, 0.25) is 5.91 Å². The summed E-state index contributed by atoms with van der Waals surface area (Å²) >= 11 is 1.35. The molecule has 21 heavy (non-hydrogen) atoms. The molecule has 0 aliphatic heterocycles. The lowest BCUT2D eigenvalue weighted by molar-refractivity contribution is -0.119. The molecule has 1 unspecified atom stereocenters. The van der Waals surface area contributed by atoms with Gasteiger partial charge in [-0.25, -0.2) is 0 Å². The van der Waals surface area contributed by atoms with Crippen LogP contribution in [0.3, 0.4) is 0 Å². The van der Waals surface area contributed by atoms with Crippen LogP contribution in [-0.4, -0.2) is 43.7 Å². The van der Waals surface area contributed by atoms with E-state index in [4.69, 9.17) is 0 Å². The van der Waals surface area contributed by atoms with Crippen LogP contribution in [0.15, 0.2) is 11.5 Å². The maximum Gasteiger partial charge on any atom is 0.230 e. The Bertz CT molecular complexity index is 458. The zero-order valence-electron chi connectivity index (χ0n) is 13.5. The first-order valence-electron chi connectivity index (χ1n) is 7.22. The van der Waals surface area contributed by atoms with Gasteiger partial charge in [0.05, 0.1) is 11.4 Å². The summed E-state index contributed by atoms with van der Waals surface area (Å²) in [6, 6.07) is 0.261. The van der Waals surface area contributed by atoms with Crippen LogP contribution in [0.1, 0.15) is 47.1 Å². The number of nitrogens with zero attached hydrogens (tertiary/aromatic N) is 3. The van der Waals surface area contributed by atoms with Crippen molar-refractivity contribution in [3.8, 4) is 0 Å². The van der Waals surface area contributed by atoms with E-state index in [0.717, 1.165) is 5.16 Å². The second-order valence-electron chi connectivity index (χ2n) is 6.27. The van der Waals surface area contributed by atoms with Crippen LogP contribution in [0.4, 0.5) is 0 Å². The van der Waals surface area contributed by atoms with Crippen molar-refractivity contribution in [2.45, 2.75) is 57.8 Å². The smallest absolute Gasteiger partial charge is 0.230 e. The largest absolute Gasteiger partial charge is 0.388 e. The van der Waals surface area contributed by atoms with E-state index in [1.165, 1.54) is 11.8 Å². The Morgan fingerprint density at radius 2 is 2.14 bits per heavy atom. The Kier molecular flexibility index (Phi) is 6.67. The van der Waals surface area contributed by atoms with Gasteiger partial charge in [0.1, 0.15) is 6.33 Å². The molecule has 0 spiro atoms. The molecule has 6 nitrogen and oxygen atoms in total. The molecule has 2 N–H and O–H groups in total. The summed E-state index contributed by atoms with van der Waals surface area (Å²) in [6.07, 6.45) is 2.32. The zero-order chi connectivity index (χ0) is 16.0. The van der Waals surface area contributed by atoms with Gasteiger partial charge in [-0.1, -0.05) is 25.6 Å². The minimum absolute atomic E-state index is 0.109. The summed E-state index contributed by atoms with van der Waals surface area (Å²) in [7, 11) is 0. The SMILES string of the molecule is CC(C)CC(C)(O)CNC(=O)CSc1nncn1C(C)C. The second-order valence-corrected chi connectivity index (χ2v) is 7.22. The first kappa shape index (κ1) is 18.0. The topological polar surface area (TPSA) is 80.0 Å². The quantitative estimate of drug-likeness (QED) is 0.716. The normalized spacial score (nSPS) is 14.5. The molecular formula is C14H26N4O2S. The Hall–Kier alpha value is -1.08. The van der Waals surface area contributed by atoms with Crippen LogP contribution < -0.4 is 5.32 Å². The van der Waals surface area contributed by atoms with Crippen LogP contribution in [0.25, 0.3) is 0 Å². The van der Waals surface area contributed by atoms with Gasteiger partial charge in [-0.05, 0) is 33.1 Å². The van der Waals surface area contributed by atoms with Gasteiger partial charge in [-0.2, -0.15) is 0 Å². The van der Waals surface area contributed by atoms with E-state index in [0.29, 0.717) is 12.3 Å². The summed E-state index contributed by atoms with van der Waals surface area (Å²) in [4.78, 5) is 11.9. The lowest BCUT2D eigenvalue weighted by atomic mass is 9.94. The van der Waals surface area contributed by atoms with Crippen LogP contribution >= 0.6 is 11.8 Å². The van der Waals surface area contributed by atoms with E-state index in [9.17, 15) is 9.90 Å². The molecule has 0 bridgehead atoms. The van der Waals surface area contributed by atoms with E-state index in [-0.39, 0.29) is 24.2 Å². The Balaban J connectivity index is 2.39. The Labute approximate surface area is 130 Å². The van der Waals surface area contributed by atoms with Crippen molar-refractivity contribution >= 4 is 17.7 Å². The molecule has 0 radical (unpaired) electrons. The molecule has 0 fully saturated rings. The third-order valence-corrected chi connectivity index (χ3v) is 3.90. The fourth-order valence-electron chi connectivity index (χ4n) is 2.11. The van der Waals surface area contributed by atoms with E-state index in [1.54, 1.807) is 13.3 Å². The standard InChI is InChI=1S/C14H26N4O2S/c1-10(2)6-14(5,20)8-15-12(19)7-21-13-17-16-9-18(13)11(3)4/h9-11,20H,6-8H2,1-5H3,(H,15,19). The number of thioether (sulfide) groups is 1. The first-order valence-corrected chi connectivity index (χ1v) is 8.21. The van der Waals surface area contributed by atoms with Gasteiger partial charge >= 0.3 is 0 Å². The van der Waals surface area contributed by atoms with Gasteiger partial charge in [-0.3, -0.25) is 4.79 Å². The maximum atomic E-state index is 11.9. The number of hydrogen-bond acceptors (Lipinski definition) is 5. The molecule has 1 heterocycles. The third-order valence-electron chi connectivity index (χ3n) is 2.94. The molecule has 0 aliphatic carbocycles. The van der Waals surface area contributed by atoms with E-state index >= 15 is 0 Å². The Morgan fingerprint density at radius 1 is 1.48 bits per heavy atom. The highest BCUT2D eigenvalue weighted by Crippen LogP contribution is 2.19. The number of hydrogen-bond donors (Lipinski definition) is 2. The Morgan fingerprint density at radius 3 is 2.71 bits per heavy atom. The minimum Gasteiger partial charge on any atom is -0.388 e. The van der Waals surface area contributed by atoms with Crippen molar-refractivity contribution in [1.82, 2.24) is 20.1 Å². The number of nitrogens with one attached hydrogen (secondary N) is 1. The van der Waals surface area contributed by atoms with Crippen molar-refractivity contribution in [3.05, 3.63) is 6.33 Å². The fourth-order valence-corrected chi connectivity index (χ4v) is 2.99. The van der Waals surface area contributed by atoms with E-state index in [1.807, 2.05) is 32.3 Å².